The minimum absolute atomic E-state index is 0.00293. The highest BCUT2D eigenvalue weighted by atomic mass is 16.5. The molecule has 1 fully saturated rings. The second-order valence-electron chi connectivity index (χ2n) is 7.83. The van der Waals surface area contributed by atoms with E-state index < -0.39 is 0 Å². The Morgan fingerprint density at radius 1 is 0.906 bits per heavy atom. The van der Waals surface area contributed by atoms with Gasteiger partial charge in [-0.15, -0.1) is 10.2 Å². The zero-order valence-corrected chi connectivity index (χ0v) is 18.7. The summed E-state index contributed by atoms with van der Waals surface area (Å²) < 4.78 is 11.2. The first-order valence-corrected chi connectivity index (χ1v) is 10.8. The highest BCUT2D eigenvalue weighted by Crippen LogP contribution is 2.28. The van der Waals surface area contributed by atoms with Gasteiger partial charge in [-0.3, -0.25) is 4.79 Å². The average molecular weight is 433 g/mol. The minimum atomic E-state index is 0.00293. The summed E-state index contributed by atoms with van der Waals surface area (Å²) in [7, 11) is 1.65. The molecule has 1 amide bonds. The molecule has 1 aromatic heterocycles. The van der Waals surface area contributed by atoms with Crippen molar-refractivity contribution in [2.45, 2.75) is 13.8 Å². The molecule has 0 unspecified atom stereocenters. The van der Waals surface area contributed by atoms with E-state index in [9.17, 15) is 4.79 Å². The summed E-state index contributed by atoms with van der Waals surface area (Å²) in [6.07, 6.45) is 0. The van der Waals surface area contributed by atoms with Crippen molar-refractivity contribution in [1.82, 2.24) is 15.1 Å². The fourth-order valence-electron chi connectivity index (χ4n) is 3.79. The molecule has 0 N–H and O–H groups in total. The van der Waals surface area contributed by atoms with E-state index in [2.05, 4.69) is 15.1 Å². The van der Waals surface area contributed by atoms with Gasteiger partial charge < -0.3 is 19.3 Å². The number of benzene rings is 2. The fraction of sp³-hybridized carbons (Fsp3) is 0.320. The van der Waals surface area contributed by atoms with E-state index >= 15 is 0 Å². The van der Waals surface area contributed by atoms with E-state index in [0.29, 0.717) is 26.2 Å². The zero-order valence-electron chi connectivity index (χ0n) is 18.7. The largest absolute Gasteiger partial charge is 0.496 e. The molecule has 3 aromatic rings. The lowest BCUT2D eigenvalue weighted by Gasteiger charge is -2.35. The Morgan fingerprint density at radius 2 is 1.66 bits per heavy atom. The van der Waals surface area contributed by atoms with Crippen LogP contribution < -0.4 is 14.4 Å². The Balaban J connectivity index is 1.32. The van der Waals surface area contributed by atoms with Crippen molar-refractivity contribution in [2.24, 2.45) is 0 Å². The van der Waals surface area contributed by atoms with Crippen LogP contribution in [0, 0.1) is 13.8 Å². The number of carbonyl (C=O) groups excluding carboxylic acids is 1. The molecular formula is C25H28N4O3. The SMILES string of the molecule is COc1ccccc1-c1ccc(N2CCN(C(=O)COc3cccc(C)c3C)CC2)nn1. The Labute approximate surface area is 188 Å². The number of hydrogen-bond donors (Lipinski definition) is 0. The number of hydrogen-bond acceptors (Lipinski definition) is 6. The maximum Gasteiger partial charge on any atom is 0.260 e. The standard InChI is InChI=1S/C25H28N4O3/c1-18-7-6-10-22(19(18)2)32-17-25(30)29-15-13-28(14-16-29)24-12-11-21(26-27-24)20-8-4-5-9-23(20)31-3/h4-12H,13-17H2,1-3H3. The number of para-hydroxylation sites is 1. The average Bonchev–Trinajstić information content (AvgIpc) is 2.85. The Hall–Kier alpha value is -3.61. The zero-order chi connectivity index (χ0) is 22.5. The lowest BCUT2D eigenvalue weighted by molar-refractivity contribution is -0.133. The summed E-state index contributed by atoms with van der Waals surface area (Å²) in [6, 6.07) is 17.6. The van der Waals surface area contributed by atoms with Crippen molar-refractivity contribution >= 4 is 11.7 Å². The first-order valence-electron chi connectivity index (χ1n) is 10.8. The third-order valence-electron chi connectivity index (χ3n) is 5.90. The molecule has 166 valence electrons. The van der Waals surface area contributed by atoms with Crippen molar-refractivity contribution < 1.29 is 14.3 Å². The Kier molecular flexibility index (Phi) is 6.54. The van der Waals surface area contributed by atoms with Gasteiger partial charge in [-0.25, -0.2) is 0 Å². The molecule has 0 spiro atoms. The molecule has 1 saturated heterocycles. The van der Waals surface area contributed by atoms with E-state index in [1.165, 1.54) is 0 Å². The van der Waals surface area contributed by atoms with Crippen molar-refractivity contribution in [3.8, 4) is 22.8 Å². The molecule has 7 nitrogen and oxygen atoms in total. The van der Waals surface area contributed by atoms with Crippen LogP contribution in [0.3, 0.4) is 0 Å². The van der Waals surface area contributed by atoms with E-state index in [1.807, 2.05) is 73.3 Å². The highest BCUT2D eigenvalue weighted by Gasteiger charge is 2.23. The number of nitrogens with zero attached hydrogens (tertiary/aromatic N) is 4. The number of aromatic nitrogens is 2. The van der Waals surface area contributed by atoms with Crippen LogP contribution in [0.2, 0.25) is 0 Å². The topological polar surface area (TPSA) is 67.8 Å². The lowest BCUT2D eigenvalue weighted by atomic mass is 10.1. The van der Waals surface area contributed by atoms with Crippen LogP contribution in [-0.2, 0) is 4.79 Å². The predicted octanol–water partition coefficient (Wildman–Crippen LogP) is 3.50. The van der Waals surface area contributed by atoms with Crippen molar-refractivity contribution in [3.63, 3.8) is 0 Å². The van der Waals surface area contributed by atoms with Gasteiger partial charge in [0.05, 0.1) is 12.8 Å². The summed E-state index contributed by atoms with van der Waals surface area (Å²) >= 11 is 0. The van der Waals surface area contributed by atoms with Gasteiger partial charge >= 0.3 is 0 Å². The number of carbonyl (C=O) groups is 1. The summed E-state index contributed by atoms with van der Waals surface area (Å²) in [4.78, 5) is 16.6. The van der Waals surface area contributed by atoms with E-state index in [1.54, 1.807) is 7.11 Å². The molecule has 1 aliphatic heterocycles. The molecule has 0 aliphatic carbocycles. The van der Waals surface area contributed by atoms with Crippen LogP contribution in [0.5, 0.6) is 11.5 Å². The van der Waals surface area contributed by atoms with Crippen LogP contribution in [0.1, 0.15) is 11.1 Å². The van der Waals surface area contributed by atoms with Crippen LogP contribution >= 0.6 is 0 Å². The number of amides is 1. The van der Waals surface area contributed by atoms with E-state index in [4.69, 9.17) is 9.47 Å². The van der Waals surface area contributed by atoms with Crippen LogP contribution in [-0.4, -0.2) is 60.9 Å². The predicted molar refractivity (Wildman–Crippen MR) is 124 cm³/mol. The molecule has 4 rings (SSSR count). The normalized spacial score (nSPS) is 13.7. The number of ether oxygens (including phenoxy) is 2. The number of anilines is 1. The van der Waals surface area contributed by atoms with Gasteiger partial charge in [0.25, 0.3) is 5.91 Å². The van der Waals surface area contributed by atoms with Gasteiger partial charge in [0, 0.05) is 31.7 Å². The Bertz CT molecular complexity index is 1080. The molecule has 2 heterocycles. The summed E-state index contributed by atoms with van der Waals surface area (Å²) in [5.74, 6) is 2.35. The van der Waals surface area contributed by atoms with Crippen molar-refractivity contribution in [2.75, 3.05) is 44.8 Å². The first kappa shape index (κ1) is 21.6. The summed E-state index contributed by atoms with van der Waals surface area (Å²) in [5.41, 5.74) is 3.90. The third kappa shape index (κ3) is 4.66. The van der Waals surface area contributed by atoms with Gasteiger partial charge in [0.15, 0.2) is 12.4 Å². The van der Waals surface area contributed by atoms with Crippen LogP contribution in [0.25, 0.3) is 11.3 Å². The molecule has 32 heavy (non-hydrogen) atoms. The van der Waals surface area contributed by atoms with E-state index in [0.717, 1.165) is 39.7 Å². The molecule has 7 heteroatoms. The summed E-state index contributed by atoms with van der Waals surface area (Å²) in [6.45, 7) is 6.77. The smallest absolute Gasteiger partial charge is 0.260 e. The number of aryl methyl sites for hydroxylation is 1. The quantitative estimate of drug-likeness (QED) is 0.594. The monoisotopic (exact) mass is 432 g/mol. The molecular weight excluding hydrogens is 404 g/mol. The minimum Gasteiger partial charge on any atom is -0.496 e. The molecule has 0 atom stereocenters. The molecule has 0 saturated carbocycles. The first-order chi connectivity index (χ1) is 15.6. The molecule has 1 aliphatic rings. The van der Waals surface area contributed by atoms with Crippen molar-refractivity contribution in [3.05, 3.63) is 65.7 Å². The van der Waals surface area contributed by atoms with E-state index in [-0.39, 0.29) is 12.5 Å². The Morgan fingerprint density at radius 3 is 2.38 bits per heavy atom. The van der Waals surface area contributed by atoms with Crippen LogP contribution in [0.4, 0.5) is 5.82 Å². The molecule has 2 aromatic carbocycles. The van der Waals surface area contributed by atoms with Gasteiger partial charge in [-0.2, -0.15) is 0 Å². The second-order valence-corrected chi connectivity index (χ2v) is 7.83. The van der Waals surface area contributed by atoms with Gasteiger partial charge in [-0.1, -0.05) is 24.3 Å². The molecule has 0 bridgehead atoms. The second kappa shape index (κ2) is 9.68. The number of piperazine rings is 1. The maximum absolute atomic E-state index is 12.6. The molecule has 0 radical (unpaired) electrons. The van der Waals surface area contributed by atoms with Gasteiger partial charge in [-0.05, 0) is 55.3 Å². The number of rotatable bonds is 6. The maximum atomic E-state index is 12.6. The highest BCUT2D eigenvalue weighted by molar-refractivity contribution is 5.78. The van der Waals surface area contributed by atoms with Gasteiger partial charge in [0.1, 0.15) is 11.5 Å². The lowest BCUT2D eigenvalue weighted by Crippen LogP contribution is -2.50. The van der Waals surface area contributed by atoms with Crippen molar-refractivity contribution in [1.29, 1.82) is 0 Å². The number of methoxy groups -OCH3 is 1. The van der Waals surface area contributed by atoms with Crippen LogP contribution in [0.15, 0.2) is 54.6 Å². The van der Waals surface area contributed by atoms with Gasteiger partial charge in [0.2, 0.25) is 0 Å². The summed E-state index contributed by atoms with van der Waals surface area (Å²) in [5, 5.41) is 8.80. The fourth-order valence-corrected chi connectivity index (χ4v) is 3.79. The third-order valence-corrected chi connectivity index (χ3v) is 5.90.